The van der Waals surface area contributed by atoms with Crippen LogP contribution in [-0.2, 0) is 14.9 Å². The summed E-state index contributed by atoms with van der Waals surface area (Å²) in [6.07, 6.45) is 1.40. The van der Waals surface area contributed by atoms with Crippen molar-refractivity contribution in [2.45, 2.75) is 45.1 Å². The number of imide groups is 1. The molecule has 3 rings (SSSR count). The van der Waals surface area contributed by atoms with Gasteiger partial charge in [0.1, 0.15) is 16.8 Å². The van der Waals surface area contributed by atoms with Gasteiger partial charge < -0.3 is 9.47 Å². The van der Waals surface area contributed by atoms with Gasteiger partial charge in [-0.15, -0.1) is 6.58 Å². The summed E-state index contributed by atoms with van der Waals surface area (Å²) < 4.78 is 10.9. The highest BCUT2D eigenvalue weighted by atomic mass is 16.6. The molecule has 0 spiro atoms. The second-order valence-electron chi connectivity index (χ2n) is 8.22. The normalized spacial score (nSPS) is 18.4. The Balaban J connectivity index is 2.24. The lowest BCUT2D eigenvalue weighted by molar-refractivity contribution is -0.121. The van der Waals surface area contributed by atoms with Gasteiger partial charge in [0.05, 0.1) is 12.8 Å². The van der Waals surface area contributed by atoms with Crippen LogP contribution in [0.3, 0.4) is 0 Å². The molecule has 0 fully saturated rings. The molecule has 1 aliphatic rings. The van der Waals surface area contributed by atoms with Gasteiger partial charge in [0.2, 0.25) is 0 Å². The van der Waals surface area contributed by atoms with Gasteiger partial charge in [-0.1, -0.05) is 30.3 Å². The maximum atomic E-state index is 13.9. The minimum absolute atomic E-state index is 0.332. The van der Waals surface area contributed by atoms with E-state index in [9.17, 15) is 9.59 Å². The lowest BCUT2D eigenvalue weighted by Crippen LogP contribution is -2.46. The summed E-state index contributed by atoms with van der Waals surface area (Å²) in [5.41, 5.74) is 1.27. The van der Waals surface area contributed by atoms with E-state index in [1.165, 1.54) is 0 Å². The number of carbonyl (C=O) groups is 2. The number of hydrogen-bond acceptors (Lipinski definition) is 4. The largest absolute Gasteiger partial charge is 0.497 e. The van der Waals surface area contributed by atoms with Crippen molar-refractivity contribution >= 4 is 17.7 Å². The molecule has 5 nitrogen and oxygen atoms in total. The maximum absolute atomic E-state index is 13.9. The van der Waals surface area contributed by atoms with Gasteiger partial charge in [-0.05, 0) is 69.0 Å². The summed E-state index contributed by atoms with van der Waals surface area (Å²) >= 11 is 0. The molecule has 2 aromatic carbocycles. The van der Waals surface area contributed by atoms with Crippen molar-refractivity contribution in [1.82, 2.24) is 0 Å². The number of carbonyl (C=O) groups excluding carboxylic acids is 2. The topological polar surface area (TPSA) is 55.8 Å². The summed E-state index contributed by atoms with van der Waals surface area (Å²) in [6.45, 7) is 11.2. The average molecular weight is 393 g/mol. The SMILES string of the molecule is C=CCC1(c2ccc(OC)cc2C)C(=O)N(C(=O)OC(C)(C)C)c2ccccc21. The second-order valence-corrected chi connectivity index (χ2v) is 8.22. The molecule has 0 radical (unpaired) electrons. The van der Waals surface area contributed by atoms with Crippen LogP contribution in [0.1, 0.15) is 43.9 Å². The van der Waals surface area contributed by atoms with Gasteiger partial charge in [-0.25, -0.2) is 9.69 Å². The first-order chi connectivity index (χ1) is 13.7. The highest BCUT2D eigenvalue weighted by molar-refractivity contribution is 6.22. The number of fused-ring (bicyclic) bond motifs is 1. The van der Waals surface area contributed by atoms with Crippen molar-refractivity contribution in [2.24, 2.45) is 0 Å². The lowest BCUT2D eigenvalue weighted by atomic mass is 9.71. The molecule has 1 aliphatic heterocycles. The molecule has 29 heavy (non-hydrogen) atoms. The van der Waals surface area contributed by atoms with Gasteiger partial charge in [0.15, 0.2) is 0 Å². The van der Waals surface area contributed by atoms with Crippen molar-refractivity contribution in [3.8, 4) is 5.75 Å². The number of hydrogen-bond donors (Lipinski definition) is 0. The van der Waals surface area contributed by atoms with Gasteiger partial charge >= 0.3 is 6.09 Å². The first kappa shape index (κ1) is 20.6. The first-order valence-corrected chi connectivity index (χ1v) is 9.59. The summed E-state index contributed by atoms with van der Waals surface area (Å²) in [5.74, 6) is 0.379. The van der Waals surface area contributed by atoms with Gasteiger partial charge in [-0.2, -0.15) is 0 Å². The van der Waals surface area contributed by atoms with Crippen molar-refractivity contribution in [3.63, 3.8) is 0 Å². The van der Waals surface area contributed by atoms with Gasteiger partial charge in [0, 0.05) is 0 Å². The summed E-state index contributed by atoms with van der Waals surface area (Å²) in [5, 5.41) is 0. The zero-order valence-electron chi connectivity index (χ0n) is 17.6. The first-order valence-electron chi connectivity index (χ1n) is 9.59. The Labute approximate surface area is 171 Å². The molecule has 1 unspecified atom stereocenters. The number of para-hydroxylation sites is 1. The summed E-state index contributed by atoms with van der Waals surface area (Å²) in [7, 11) is 1.61. The van der Waals surface area contributed by atoms with E-state index in [-0.39, 0.29) is 5.91 Å². The number of nitrogens with zero attached hydrogens (tertiary/aromatic N) is 1. The summed E-state index contributed by atoms with van der Waals surface area (Å²) in [4.78, 5) is 28.0. The third-order valence-electron chi connectivity index (χ3n) is 5.09. The highest BCUT2D eigenvalue weighted by Crippen LogP contribution is 2.50. The molecule has 1 atom stereocenters. The van der Waals surface area contributed by atoms with Crippen LogP contribution in [0.4, 0.5) is 10.5 Å². The molecular formula is C24H27NO4. The van der Waals surface area contributed by atoms with Crippen LogP contribution in [-0.4, -0.2) is 24.7 Å². The molecule has 2 amide bonds. The molecular weight excluding hydrogens is 366 g/mol. The summed E-state index contributed by atoms with van der Waals surface area (Å²) in [6, 6.07) is 13.0. The van der Waals surface area contributed by atoms with Crippen LogP contribution in [0.2, 0.25) is 0 Å². The van der Waals surface area contributed by atoms with Crippen LogP contribution < -0.4 is 9.64 Å². The van der Waals surface area contributed by atoms with Gasteiger partial charge in [-0.3, -0.25) is 4.79 Å². The van der Waals surface area contributed by atoms with Gasteiger partial charge in [0.25, 0.3) is 5.91 Å². The Morgan fingerprint density at radius 2 is 1.86 bits per heavy atom. The number of allylic oxidation sites excluding steroid dienone is 1. The number of rotatable bonds is 4. The number of anilines is 1. The van der Waals surface area contributed by atoms with Crippen molar-refractivity contribution in [1.29, 1.82) is 0 Å². The number of ether oxygens (including phenoxy) is 2. The van der Waals surface area contributed by atoms with E-state index >= 15 is 0 Å². The van der Waals surface area contributed by atoms with E-state index < -0.39 is 17.1 Å². The molecule has 0 bridgehead atoms. The maximum Gasteiger partial charge on any atom is 0.421 e. The standard InChI is InChI=1S/C24H27NO4/c1-7-14-24(18-13-12-17(28-6)15-16(18)2)19-10-8-9-11-20(19)25(21(24)26)22(27)29-23(3,4)5/h7-13,15H,1,14H2,2-6H3. The Kier molecular flexibility index (Phi) is 5.26. The van der Waals surface area contributed by atoms with Crippen LogP contribution in [0.5, 0.6) is 5.75 Å². The third-order valence-corrected chi connectivity index (χ3v) is 5.09. The van der Waals surface area contributed by atoms with E-state index in [2.05, 4.69) is 6.58 Å². The Bertz CT molecular complexity index is 973. The molecule has 1 heterocycles. The molecule has 0 saturated heterocycles. The van der Waals surface area contributed by atoms with E-state index in [0.717, 1.165) is 21.6 Å². The average Bonchev–Trinajstić information content (AvgIpc) is 2.89. The van der Waals surface area contributed by atoms with E-state index in [4.69, 9.17) is 9.47 Å². The predicted octanol–water partition coefficient (Wildman–Crippen LogP) is 5.15. The predicted molar refractivity (Wildman–Crippen MR) is 113 cm³/mol. The fourth-order valence-corrected chi connectivity index (χ4v) is 3.96. The Morgan fingerprint density at radius 3 is 2.45 bits per heavy atom. The smallest absolute Gasteiger partial charge is 0.421 e. The molecule has 2 aromatic rings. The van der Waals surface area contributed by atoms with E-state index in [0.29, 0.717) is 17.9 Å². The number of aryl methyl sites for hydroxylation is 1. The Hall–Kier alpha value is -3.08. The second kappa shape index (κ2) is 7.39. The molecule has 152 valence electrons. The lowest BCUT2D eigenvalue weighted by Gasteiger charge is -2.30. The third kappa shape index (κ3) is 3.41. The molecule has 0 aliphatic carbocycles. The molecule has 0 saturated carbocycles. The van der Waals surface area contributed by atoms with E-state index in [1.807, 2.05) is 43.3 Å². The molecule has 0 N–H and O–H groups in total. The van der Waals surface area contributed by atoms with Crippen LogP contribution in [0, 0.1) is 6.92 Å². The number of benzene rings is 2. The fraction of sp³-hybridized carbons (Fsp3) is 0.333. The zero-order chi connectivity index (χ0) is 21.4. The minimum Gasteiger partial charge on any atom is -0.497 e. The van der Waals surface area contributed by atoms with Crippen molar-refractivity contribution in [2.75, 3.05) is 12.0 Å². The number of amides is 2. The zero-order valence-corrected chi connectivity index (χ0v) is 17.6. The van der Waals surface area contributed by atoms with Crippen LogP contribution in [0.15, 0.2) is 55.1 Å². The molecule has 0 aromatic heterocycles. The number of methoxy groups -OCH3 is 1. The Morgan fingerprint density at radius 1 is 1.17 bits per heavy atom. The van der Waals surface area contributed by atoms with Crippen LogP contribution in [0.25, 0.3) is 0 Å². The van der Waals surface area contributed by atoms with Crippen molar-refractivity contribution < 1.29 is 19.1 Å². The highest BCUT2D eigenvalue weighted by Gasteiger charge is 2.54. The quantitative estimate of drug-likeness (QED) is 0.674. The van der Waals surface area contributed by atoms with E-state index in [1.54, 1.807) is 40.0 Å². The monoisotopic (exact) mass is 393 g/mol. The minimum atomic E-state index is -1.05. The fourth-order valence-electron chi connectivity index (χ4n) is 3.96. The van der Waals surface area contributed by atoms with Crippen molar-refractivity contribution in [3.05, 3.63) is 71.8 Å². The van der Waals surface area contributed by atoms with Crippen LogP contribution >= 0.6 is 0 Å². The molecule has 5 heteroatoms.